The SMILES string of the molecule is C[C@]1(NC(=O)c2ccc3c(c2)c(N2CCOCC2)nn3-c2cccc(OC(F)F)c2)CCS(=O)(=O)C1. The first-order valence-electron chi connectivity index (χ1n) is 11.6. The van der Waals surface area contributed by atoms with E-state index in [1.54, 1.807) is 41.9 Å². The van der Waals surface area contributed by atoms with E-state index in [4.69, 9.17) is 9.84 Å². The second kappa shape index (κ2) is 9.32. The molecule has 2 aliphatic heterocycles. The van der Waals surface area contributed by atoms with Crippen molar-refractivity contribution in [2.24, 2.45) is 0 Å². The topological polar surface area (TPSA) is 103 Å². The number of sulfone groups is 1. The van der Waals surface area contributed by atoms with Crippen molar-refractivity contribution in [3.8, 4) is 11.4 Å². The van der Waals surface area contributed by atoms with E-state index in [9.17, 15) is 22.0 Å². The van der Waals surface area contributed by atoms with Gasteiger partial charge in [0.15, 0.2) is 15.7 Å². The van der Waals surface area contributed by atoms with E-state index in [2.05, 4.69) is 10.1 Å². The van der Waals surface area contributed by atoms with Gasteiger partial charge in [0, 0.05) is 30.1 Å². The fourth-order valence-corrected chi connectivity index (χ4v) is 6.79. The summed E-state index contributed by atoms with van der Waals surface area (Å²) in [5, 5.41) is 8.36. The van der Waals surface area contributed by atoms with Crippen LogP contribution >= 0.6 is 0 Å². The number of nitrogens with one attached hydrogen (secondary N) is 1. The molecule has 5 rings (SSSR count). The van der Waals surface area contributed by atoms with Gasteiger partial charge in [0.2, 0.25) is 0 Å². The number of carbonyl (C=O) groups is 1. The molecule has 0 unspecified atom stereocenters. The summed E-state index contributed by atoms with van der Waals surface area (Å²) < 4.78 is 61.1. The lowest BCUT2D eigenvalue weighted by Crippen LogP contribution is -2.46. The first-order valence-corrected chi connectivity index (χ1v) is 13.4. The molecule has 2 aliphatic rings. The van der Waals surface area contributed by atoms with Gasteiger partial charge in [-0.15, -0.1) is 5.10 Å². The summed E-state index contributed by atoms with van der Waals surface area (Å²) in [6.07, 6.45) is 0.358. The normalized spacial score (nSPS) is 21.7. The Morgan fingerprint density at radius 1 is 1.19 bits per heavy atom. The molecule has 0 bridgehead atoms. The van der Waals surface area contributed by atoms with Crippen molar-refractivity contribution in [2.45, 2.75) is 25.5 Å². The van der Waals surface area contributed by atoms with E-state index in [1.165, 1.54) is 12.1 Å². The van der Waals surface area contributed by atoms with E-state index in [-0.39, 0.29) is 23.2 Å². The summed E-state index contributed by atoms with van der Waals surface area (Å²) in [5.41, 5.74) is 0.750. The van der Waals surface area contributed by atoms with E-state index < -0.39 is 22.0 Å². The van der Waals surface area contributed by atoms with Crippen LogP contribution in [0.2, 0.25) is 0 Å². The maximum absolute atomic E-state index is 13.1. The van der Waals surface area contributed by atoms with E-state index in [0.717, 1.165) is 0 Å². The molecule has 2 aromatic carbocycles. The van der Waals surface area contributed by atoms with E-state index in [1.807, 2.05) is 4.90 Å². The smallest absolute Gasteiger partial charge is 0.387 e. The van der Waals surface area contributed by atoms with Crippen LogP contribution < -0.4 is 15.0 Å². The molecular weight excluding hydrogens is 494 g/mol. The van der Waals surface area contributed by atoms with Crippen molar-refractivity contribution >= 4 is 32.5 Å². The Labute approximate surface area is 206 Å². The number of amides is 1. The molecule has 0 aliphatic carbocycles. The number of alkyl halides is 2. The molecule has 1 N–H and O–H groups in total. The fraction of sp³-hybridized carbons (Fsp3) is 0.417. The van der Waals surface area contributed by atoms with Crippen molar-refractivity contribution < 1.29 is 31.5 Å². The zero-order valence-corrected chi connectivity index (χ0v) is 20.4. The van der Waals surface area contributed by atoms with Crippen LogP contribution in [0.15, 0.2) is 42.5 Å². The van der Waals surface area contributed by atoms with E-state index in [0.29, 0.717) is 60.7 Å². The third-order valence-corrected chi connectivity index (χ3v) is 8.34. The van der Waals surface area contributed by atoms with Crippen LogP contribution in [0.4, 0.5) is 14.6 Å². The predicted molar refractivity (Wildman–Crippen MR) is 130 cm³/mol. The fourth-order valence-electron chi connectivity index (χ4n) is 4.70. The van der Waals surface area contributed by atoms with Gasteiger partial charge in [-0.2, -0.15) is 8.78 Å². The summed E-state index contributed by atoms with van der Waals surface area (Å²) in [6.45, 7) is 1.05. The van der Waals surface area contributed by atoms with Gasteiger partial charge in [0.25, 0.3) is 5.91 Å². The van der Waals surface area contributed by atoms with Gasteiger partial charge in [-0.05, 0) is 43.7 Å². The number of fused-ring (bicyclic) bond motifs is 1. The third kappa shape index (κ3) is 5.00. The molecule has 36 heavy (non-hydrogen) atoms. The minimum absolute atomic E-state index is 0.00910. The van der Waals surface area contributed by atoms with Crippen LogP contribution in [0.1, 0.15) is 23.7 Å². The molecule has 9 nitrogen and oxygen atoms in total. The summed E-state index contributed by atoms with van der Waals surface area (Å²) in [5.74, 6) is 0.227. The number of morpholine rings is 1. The predicted octanol–water partition coefficient (Wildman–Crippen LogP) is 2.77. The number of anilines is 1. The first-order chi connectivity index (χ1) is 17.1. The average Bonchev–Trinajstić information content (AvgIpc) is 3.35. The van der Waals surface area contributed by atoms with Gasteiger partial charge >= 0.3 is 6.61 Å². The summed E-state index contributed by atoms with van der Waals surface area (Å²) in [4.78, 5) is 15.2. The molecule has 192 valence electrons. The van der Waals surface area contributed by atoms with Gasteiger partial charge in [0.05, 0.1) is 41.5 Å². The Morgan fingerprint density at radius 3 is 2.67 bits per heavy atom. The highest BCUT2D eigenvalue weighted by Gasteiger charge is 2.39. The molecule has 0 spiro atoms. The van der Waals surface area contributed by atoms with Gasteiger partial charge in [0.1, 0.15) is 5.75 Å². The zero-order chi connectivity index (χ0) is 25.5. The minimum Gasteiger partial charge on any atom is -0.435 e. The lowest BCUT2D eigenvalue weighted by Gasteiger charge is -2.27. The average molecular weight is 521 g/mol. The van der Waals surface area contributed by atoms with Crippen LogP contribution in [0.3, 0.4) is 0 Å². The first kappa shape index (κ1) is 24.4. The number of carbonyl (C=O) groups excluding carboxylic acids is 1. The Bertz CT molecular complexity index is 1400. The molecule has 3 aromatic rings. The van der Waals surface area contributed by atoms with Crippen LogP contribution in [-0.2, 0) is 14.6 Å². The molecule has 2 saturated heterocycles. The number of benzene rings is 2. The van der Waals surface area contributed by atoms with Gasteiger partial charge < -0.3 is 19.7 Å². The van der Waals surface area contributed by atoms with Gasteiger partial charge in [-0.25, -0.2) is 13.1 Å². The Balaban J connectivity index is 1.54. The molecule has 3 heterocycles. The Hall–Kier alpha value is -3.25. The second-order valence-corrected chi connectivity index (χ2v) is 11.5. The monoisotopic (exact) mass is 520 g/mol. The van der Waals surface area contributed by atoms with Crippen molar-refractivity contribution in [3.63, 3.8) is 0 Å². The Morgan fingerprint density at radius 2 is 1.97 bits per heavy atom. The number of aromatic nitrogens is 2. The molecule has 1 aromatic heterocycles. The lowest BCUT2D eigenvalue weighted by atomic mass is 10.0. The highest BCUT2D eigenvalue weighted by molar-refractivity contribution is 7.91. The van der Waals surface area contributed by atoms with Gasteiger partial charge in [-0.3, -0.25) is 4.79 Å². The van der Waals surface area contributed by atoms with Crippen molar-refractivity contribution in [2.75, 3.05) is 42.7 Å². The number of hydrogen-bond donors (Lipinski definition) is 1. The molecule has 2 fully saturated rings. The highest BCUT2D eigenvalue weighted by atomic mass is 32.2. The molecule has 1 atom stereocenters. The number of hydrogen-bond acceptors (Lipinski definition) is 7. The molecule has 0 radical (unpaired) electrons. The summed E-state index contributed by atoms with van der Waals surface area (Å²) in [7, 11) is -3.18. The molecule has 0 saturated carbocycles. The molecule has 1 amide bonds. The maximum Gasteiger partial charge on any atom is 0.387 e. The third-order valence-electron chi connectivity index (χ3n) is 6.44. The van der Waals surface area contributed by atoms with Crippen molar-refractivity contribution in [1.82, 2.24) is 15.1 Å². The highest BCUT2D eigenvalue weighted by Crippen LogP contribution is 2.32. The van der Waals surface area contributed by atoms with Crippen LogP contribution in [0, 0.1) is 0 Å². The number of rotatable bonds is 6. The summed E-state index contributed by atoms with van der Waals surface area (Å²) in [6, 6.07) is 11.4. The van der Waals surface area contributed by atoms with Crippen molar-refractivity contribution in [3.05, 3.63) is 48.0 Å². The quantitative estimate of drug-likeness (QED) is 0.533. The maximum atomic E-state index is 13.1. The van der Waals surface area contributed by atoms with E-state index >= 15 is 0 Å². The van der Waals surface area contributed by atoms with Crippen molar-refractivity contribution in [1.29, 1.82) is 0 Å². The van der Waals surface area contributed by atoms with Crippen LogP contribution in [0.25, 0.3) is 16.6 Å². The molecular formula is C24H26F2N4O5S. The number of nitrogens with zero attached hydrogens (tertiary/aromatic N) is 3. The largest absolute Gasteiger partial charge is 0.435 e. The standard InChI is InChI=1S/C24H26F2N4O5S/c1-24(7-12-36(32,33)15-24)27-22(31)16-5-6-20-19(13-16)21(29-8-10-34-11-9-29)28-30(20)17-3-2-4-18(14-17)35-23(25)26/h2-6,13-14,23H,7-12,15H2,1H3,(H,27,31)/t24-/m0/s1. The van der Waals surface area contributed by atoms with Gasteiger partial charge in [-0.1, -0.05) is 6.07 Å². The zero-order valence-electron chi connectivity index (χ0n) is 19.6. The minimum atomic E-state index is -3.18. The van der Waals surface area contributed by atoms with Crippen LogP contribution in [-0.4, -0.2) is 74.1 Å². The number of ether oxygens (including phenoxy) is 2. The summed E-state index contributed by atoms with van der Waals surface area (Å²) >= 11 is 0. The molecule has 12 heteroatoms. The number of halogens is 2. The second-order valence-electron chi connectivity index (χ2n) is 9.30. The lowest BCUT2D eigenvalue weighted by molar-refractivity contribution is -0.0498. The van der Waals surface area contributed by atoms with Crippen LogP contribution in [0.5, 0.6) is 5.75 Å². The Kier molecular flexibility index (Phi) is 6.33.